The average Bonchev–Trinajstić information content (AvgIpc) is 2.97. The first-order valence-corrected chi connectivity index (χ1v) is 6.76. The molecule has 2 aromatic carbocycles. The van der Waals surface area contributed by atoms with Crippen LogP contribution in [0.2, 0.25) is 0 Å². The maximum atomic E-state index is 11.0. The second-order valence-corrected chi connectivity index (χ2v) is 4.98. The highest BCUT2D eigenvalue weighted by Crippen LogP contribution is 2.28. The molecule has 0 aliphatic rings. The van der Waals surface area contributed by atoms with E-state index in [1.807, 2.05) is 48.5 Å². The molecule has 0 N–H and O–H groups in total. The molecule has 98 valence electrons. The van der Waals surface area contributed by atoms with E-state index in [4.69, 9.17) is 0 Å². The van der Waals surface area contributed by atoms with Crippen molar-refractivity contribution in [3.8, 4) is 5.69 Å². The Balaban J connectivity index is 1.97. The third kappa shape index (κ3) is 2.46. The number of hydrogen-bond donors (Lipinski definition) is 0. The molecule has 0 saturated carbocycles. The molecule has 6 heteroatoms. The summed E-state index contributed by atoms with van der Waals surface area (Å²) in [6, 6.07) is 17.0. The zero-order valence-electron chi connectivity index (χ0n) is 10.4. The molecule has 0 atom stereocenters. The zero-order chi connectivity index (χ0) is 13.8. The van der Waals surface area contributed by atoms with Crippen molar-refractivity contribution in [1.82, 2.24) is 20.2 Å². The summed E-state index contributed by atoms with van der Waals surface area (Å²) < 4.78 is 1.65. The smallest absolute Gasteiger partial charge is 0.218 e. The summed E-state index contributed by atoms with van der Waals surface area (Å²) in [6.07, 6.45) is 0.832. The lowest BCUT2D eigenvalue weighted by atomic mass is 10.2. The van der Waals surface area contributed by atoms with E-state index in [0.29, 0.717) is 10.7 Å². The topological polar surface area (TPSA) is 60.7 Å². The number of rotatable bonds is 4. The first kappa shape index (κ1) is 12.6. The highest BCUT2D eigenvalue weighted by atomic mass is 32.2. The molecule has 0 saturated heterocycles. The molecular weight excluding hydrogens is 272 g/mol. The van der Waals surface area contributed by atoms with Crippen molar-refractivity contribution in [2.75, 3.05) is 0 Å². The summed E-state index contributed by atoms with van der Waals surface area (Å²) >= 11 is 1.36. The molecule has 5 nitrogen and oxygen atoms in total. The van der Waals surface area contributed by atoms with Crippen LogP contribution in [0.5, 0.6) is 0 Å². The van der Waals surface area contributed by atoms with Crippen molar-refractivity contribution in [3.05, 3.63) is 60.2 Å². The molecule has 0 aliphatic carbocycles. The molecule has 3 aromatic rings. The summed E-state index contributed by atoms with van der Waals surface area (Å²) in [5.41, 5.74) is 1.50. The molecule has 3 rings (SSSR count). The van der Waals surface area contributed by atoms with E-state index in [1.54, 1.807) is 10.7 Å². The molecule has 0 unspecified atom stereocenters. The van der Waals surface area contributed by atoms with Gasteiger partial charge in [0.1, 0.15) is 0 Å². The van der Waals surface area contributed by atoms with E-state index in [2.05, 4.69) is 15.5 Å². The molecule has 0 spiro atoms. The molecular formula is C14H10N4OS. The van der Waals surface area contributed by atoms with Crippen molar-refractivity contribution in [3.63, 3.8) is 0 Å². The largest absolute Gasteiger partial charge is 0.298 e. The first-order chi connectivity index (χ1) is 9.88. The summed E-state index contributed by atoms with van der Waals surface area (Å²) in [4.78, 5) is 11.9. The molecule has 20 heavy (non-hydrogen) atoms. The van der Waals surface area contributed by atoms with Gasteiger partial charge < -0.3 is 0 Å². The fourth-order valence-electron chi connectivity index (χ4n) is 1.74. The van der Waals surface area contributed by atoms with Gasteiger partial charge in [0.25, 0.3) is 0 Å². The number of aromatic nitrogens is 4. The van der Waals surface area contributed by atoms with Crippen molar-refractivity contribution in [2.24, 2.45) is 0 Å². The first-order valence-electron chi connectivity index (χ1n) is 5.94. The summed E-state index contributed by atoms with van der Waals surface area (Å²) in [5, 5.41) is 12.3. The fraction of sp³-hybridized carbons (Fsp3) is 0. The molecule has 1 heterocycles. The lowest BCUT2D eigenvalue weighted by Crippen LogP contribution is -1.98. The minimum absolute atomic E-state index is 0.616. The molecule has 0 aliphatic heterocycles. The number of hydrogen-bond acceptors (Lipinski definition) is 5. The second kappa shape index (κ2) is 5.66. The summed E-state index contributed by atoms with van der Waals surface area (Å²) in [7, 11) is 0. The van der Waals surface area contributed by atoms with Gasteiger partial charge in [-0.2, -0.15) is 4.68 Å². The van der Waals surface area contributed by atoms with E-state index in [0.717, 1.165) is 16.9 Å². The Kier molecular flexibility index (Phi) is 3.56. The van der Waals surface area contributed by atoms with Gasteiger partial charge >= 0.3 is 0 Å². The standard InChI is InChI=1S/C14H10N4OS/c19-10-11-6-4-5-9-13(11)20-14-15-16-17-18(14)12-7-2-1-3-8-12/h1-10H. The highest BCUT2D eigenvalue weighted by Gasteiger charge is 2.11. The third-order valence-electron chi connectivity index (χ3n) is 2.69. The van der Waals surface area contributed by atoms with Gasteiger partial charge in [-0.3, -0.25) is 4.79 Å². The van der Waals surface area contributed by atoms with Crippen LogP contribution in [0.25, 0.3) is 5.69 Å². The van der Waals surface area contributed by atoms with Crippen LogP contribution in [0, 0.1) is 0 Å². The number of carbonyl (C=O) groups excluding carboxylic acids is 1. The maximum Gasteiger partial charge on any atom is 0.218 e. The van der Waals surface area contributed by atoms with Gasteiger partial charge in [-0.15, -0.1) is 5.10 Å². The lowest BCUT2D eigenvalue weighted by Gasteiger charge is -2.05. The number of benzene rings is 2. The maximum absolute atomic E-state index is 11.0. The van der Waals surface area contributed by atoms with Gasteiger partial charge in [-0.25, -0.2) is 0 Å². The van der Waals surface area contributed by atoms with Gasteiger partial charge in [-0.05, 0) is 40.4 Å². The fourth-order valence-corrected chi connectivity index (χ4v) is 2.63. The van der Waals surface area contributed by atoms with Crippen LogP contribution in [-0.4, -0.2) is 26.5 Å². The Labute approximate surface area is 119 Å². The van der Waals surface area contributed by atoms with Crippen LogP contribution in [0.15, 0.2) is 64.6 Å². The third-order valence-corrected chi connectivity index (χ3v) is 3.72. The predicted octanol–water partition coefficient (Wildman–Crippen LogP) is 2.63. The monoisotopic (exact) mass is 282 g/mol. The van der Waals surface area contributed by atoms with Gasteiger partial charge in [0.2, 0.25) is 5.16 Å². The van der Waals surface area contributed by atoms with Crippen LogP contribution in [0.4, 0.5) is 0 Å². The van der Waals surface area contributed by atoms with Gasteiger partial charge in [0.05, 0.1) is 5.69 Å². The molecule has 1 aromatic heterocycles. The molecule has 0 bridgehead atoms. The average molecular weight is 282 g/mol. The van der Waals surface area contributed by atoms with Crippen LogP contribution < -0.4 is 0 Å². The van der Waals surface area contributed by atoms with Crippen LogP contribution in [-0.2, 0) is 0 Å². The minimum Gasteiger partial charge on any atom is -0.298 e. The van der Waals surface area contributed by atoms with E-state index in [9.17, 15) is 4.79 Å². The quantitative estimate of drug-likeness (QED) is 0.688. The van der Waals surface area contributed by atoms with Crippen LogP contribution in [0.3, 0.4) is 0 Å². The number of carbonyl (C=O) groups is 1. The zero-order valence-corrected chi connectivity index (χ0v) is 11.2. The molecule has 0 radical (unpaired) electrons. The molecule has 0 fully saturated rings. The van der Waals surface area contributed by atoms with Crippen LogP contribution in [0.1, 0.15) is 10.4 Å². The summed E-state index contributed by atoms with van der Waals surface area (Å²) in [5.74, 6) is 0. The van der Waals surface area contributed by atoms with E-state index in [1.165, 1.54) is 11.8 Å². The highest BCUT2D eigenvalue weighted by molar-refractivity contribution is 7.99. The van der Waals surface area contributed by atoms with Crippen molar-refractivity contribution < 1.29 is 4.79 Å². The summed E-state index contributed by atoms with van der Waals surface area (Å²) in [6.45, 7) is 0. The van der Waals surface area contributed by atoms with Gasteiger partial charge in [0, 0.05) is 10.5 Å². The number of nitrogens with zero attached hydrogens (tertiary/aromatic N) is 4. The van der Waals surface area contributed by atoms with E-state index < -0.39 is 0 Å². The predicted molar refractivity (Wildman–Crippen MR) is 75.1 cm³/mol. The number of tetrazole rings is 1. The Hall–Kier alpha value is -2.47. The number of para-hydroxylation sites is 1. The Bertz CT molecular complexity index is 727. The second-order valence-electron chi connectivity index (χ2n) is 3.97. The Morgan fingerprint density at radius 3 is 2.55 bits per heavy atom. The number of aldehydes is 1. The van der Waals surface area contributed by atoms with E-state index in [-0.39, 0.29) is 0 Å². The van der Waals surface area contributed by atoms with Crippen molar-refractivity contribution in [1.29, 1.82) is 0 Å². The van der Waals surface area contributed by atoms with Crippen molar-refractivity contribution >= 4 is 18.0 Å². The lowest BCUT2D eigenvalue weighted by molar-refractivity contribution is 0.112. The van der Waals surface area contributed by atoms with Crippen LogP contribution >= 0.6 is 11.8 Å². The molecule has 0 amide bonds. The van der Waals surface area contributed by atoms with Gasteiger partial charge in [-0.1, -0.05) is 36.4 Å². The van der Waals surface area contributed by atoms with Crippen molar-refractivity contribution in [2.45, 2.75) is 10.1 Å². The van der Waals surface area contributed by atoms with Gasteiger partial charge in [0.15, 0.2) is 6.29 Å². The Morgan fingerprint density at radius 2 is 1.75 bits per heavy atom. The SMILES string of the molecule is O=Cc1ccccc1Sc1nnnn1-c1ccccc1. The van der Waals surface area contributed by atoms with E-state index >= 15 is 0 Å². The normalized spacial score (nSPS) is 10.4. The minimum atomic E-state index is 0.616. The Morgan fingerprint density at radius 1 is 1.00 bits per heavy atom.